The molecule has 0 aliphatic heterocycles. The highest BCUT2D eigenvalue weighted by atomic mass is 16.5. The molecule has 2 atom stereocenters. The average Bonchev–Trinajstić information content (AvgIpc) is 3.10. The Kier molecular flexibility index (Phi) is 13.4. The van der Waals surface area contributed by atoms with E-state index in [-0.39, 0.29) is 29.1 Å². The third-order valence-electron chi connectivity index (χ3n) is 8.78. The zero-order valence-corrected chi connectivity index (χ0v) is 31.0. The topological polar surface area (TPSA) is 138 Å². The van der Waals surface area contributed by atoms with Crippen LogP contribution in [0.1, 0.15) is 112 Å². The molecule has 0 saturated heterocycles. The molecule has 4 aromatic rings. The molecule has 0 radical (unpaired) electrons. The maximum absolute atomic E-state index is 11.3. The van der Waals surface area contributed by atoms with Gasteiger partial charge in [-0.3, -0.25) is 0 Å². The molecule has 2 aromatic carbocycles. The molecule has 0 saturated carbocycles. The predicted octanol–water partition coefficient (Wildman–Crippen LogP) is 9.09. The van der Waals surface area contributed by atoms with Crippen molar-refractivity contribution in [3.8, 4) is 11.5 Å². The van der Waals surface area contributed by atoms with Gasteiger partial charge in [-0.15, -0.1) is 0 Å². The summed E-state index contributed by atoms with van der Waals surface area (Å²) in [6, 6.07) is 15.7. The van der Waals surface area contributed by atoms with Crippen molar-refractivity contribution in [2.24, 2.45) is 5.92 Å². The zero-order chi connectivity index (χ0) is 37.2. The maximum Gasteiger partial charge on any atom is 0.338 e. The van der Waals surface area contributed by atoms with Crippen LogP contribution >= 0.6 is 0 Å². The quantitative estimate of drug-likeness (QED) is 0.103. The Bertz CT molecular complexity index is 1760. The molecule has 4 rings (SSSR count). The van der Waals surface area contributed by atoms with Crippen LogP contribution in [0.5, 0.6) is 11.5 Å². The molecule has 11 heteroatoms. The first-order valence-corrected chi connectivity index (χ1v) is 17.7. The normalized spacial score (nSPS) is 12.4. The van der Waals surface area contributed by atoms with E-state index in [9.17, 15) is 19.8 Å². The van der Waals surface area contributed by atoms with Crippen LogP contribution in [0, 0.1) is 5.92 Å². The number of anilines is 4. The summed E-state index contributed by atoms with van der Waals surface area (Å²) < 4.78 is 12.8. The van der Waals surface area contributed by atoms with Crippen LogP contribution in [0.3, 0.4) is 0 Å². The van der Waals surface area contributed by atoms with Gasteiger partial charge in [0.1, 0.15) is 17.3 Å². The van der Waals surface area contributed by atoms with Crippen molar-refractivity contribution in [2.45, 2.75) is 86.2 Å². The van der Waals surface area contributed by atoms with Gasteiger partial charge in [0.2, 0.25) is 5.95 Å². The fourth-order valence-corrected chi connectivity index (χ4v) is 5.91. The number of rotatable bonds is 18. The smallest absolute Gasteiger partial charge is 0.338 e. The highest BCUT2D eigenvalue weighted by Gasteiger charge is 2.20. The summed E-state index contributed by atoms with van der Waals surface area (Å²) in [5.74, 6) is 1.47. The lowest BCUT2D eigenvalue weighted by atomic mass is 9.91. The Labute approximate surface area is 301 Å². The highest BCUT2D eigenvalue weighted by molar-refractivity contribution is 5.87. The van der Waals surface area contributed by atoms with Crippen LogP contribution in [0.2, 0.25) is 0 Å². The average molecular weight is 698 g/mol. The van der Waals surface area contributed by atoms with Gasteiger partial charge >= 0.3 is 11.9 Å². The standard InChI is InChI=1S/C40H51N5O6/c1-9-44(37-18-13-29(21-41-37)38(46)47)31-14-16-33(25(3)4)35(19-31)50-24-27(7)11-12-28(8)34-17-15-32(20-36(34)51-26(5)6)45(10-2)40-42-22-30(23-43-40)39(48)49/h13-23,25-28H,9-12,24H2,1-8H3,(H,46,47)(H,48,49). The fraction of sp³-hybridized carbons (Fsp3) is 0.425. The lowest BCUT2D eigenvalue weighted by molar-refractivity contribution is 0.0685. The Morgan fingerprint density at radius 2 is 1.29 bits per heavy atom. The van der Waals surface area contributed by atoms with Gasteiger partial charge in [-0.2, -0.15) is 0 Å². The summed E-state index contributed by atoms with van der Waals surface area (Å²) in [4.78, 5) is 39.6. The monoisotopic (exact) mass is 697 g/mol. The fourth-order valence-electron chi connectivity index (χ4n) is 5.91. The van der Waals surface area contributed by atoms with Gasteiger partial charge in [0.15, 0.2) is 0 Å². The number of hydrogen-bond acceptors (Lipinski definition) is 9. The molecular formula is C40H51N5O6. The third kappa shape index (κ3) is 9.96. The number of carboxylic acids is 2. The summed E-state index contributed by atoms with van der Waals surface area (Å²) >= 11 is 0. The van der Waals surface area contributed by atoms with Crippen molar-refractivity contribution in [3.63, 3.8) is 0 Å². The van der Waals surface area contributed by atoms with Crippen LogP contribution in [0.4, 0.5) is 23.1 Å². The van der Waals surface area contributed by atoms with Crippen molar-refractivity contribution in [1.82, 2.24) is 15.0 Å². The highest BCUT2D eigenvalue weighted by Crippen LogP contribution is 2.37. The Hall–Kier alpha value is -5.19. The number of pyridine rings is 1. The first-order chi connectivity index (χ1) is 24.3. The van der Waals surface area contributed by atoms with Gasteiger partial charge in [0, 0.05) is 55.2 Å². The molecule has 51 heavy (non-hydrogen) atoms. The van der Waals surface area contributed by atoms with Crippen LogP contribution in [0.15, 0.2) is 67.1 Å². The SMILES string of the molecule is CCN(c1ccc(C(C)C)c(OCC(C)CCC(C)c2ccc(N(CC)c3ncc(C(=O)O)cn3)cc2OC(C)C)c1)c1ccc(C(=O)O)cn1. The van der Waals surface area contributed by atoms with Crippen molar-refractivity contribution >= 4 is 35.1 Å². The third-order valence-corrected chi connectivity index (χ3v) is 8.78. The first kappa shape index (κ1) is 38.6. The number of carbonyl (C=O) groups is 2. The Morgan fingerprint density at radius 3 is 1.84 bits per heavy atom. The molecule has 2 unspecified atom stereocenters. The van der Waals surface area contributed by atoms with Gasteiger partial charge in [0.25, 0.3) is 0 Å². The van der Waals surface area contributed by atoms with Crippen molar-refractivity contribution in [1.29, 1.82) is 0 Å². The molecule has 2 heterocycles. The molecule has 0 fully saturated rings. The van der Waals surface area contributed by atoms with Gasteiger partial charge in [-0.05, 0) is 93.7 Å². The first-order valence-electron chi connectivity index (χ1n) is 17.7. The van der Waals surface area contributed by atoms with Gasteiger partial charge in [-0.1, -0.05) is 39.8 Å². The largest absolute Gasteiger partial charge is 0.493 e. The van der Waals surface area contributed by atoms with Gasteiger partial charge < -0.3 is 29.5 Å². The molecule has 0 aliphatic carbocycles. The van der Waals surface area contributed by atoms with E-state index < -0.39 is 11.9 Å². The number of hydrogen-bond donors (Lipinski definition) is 2. The lowest BCUT2D eigenvalue weighted by Crippen LogP contribution is -2.20. The van der Waals surface area contributed by atoms with Crippen LogP contribution in [0.25, 0.3) is 0 Å². The summed E-state index contributed by atoms with van der Waals surface area (Å²) in [5, 5.41) is 18.5. The summed E-state index contributed by atoms with van der Waals surface area (Å²) in [6.45, 7) is 18.6. The van der Waals surface area contributed by atoms with Gasteiger partial charge in [-0.25, -0.2) is 24.5 Å². The maximum atomic E-state index is 11.3. The van der Waals surface area contributed by atoms with Crippen LogP contribution in [-0.2, 0) is 0 Å². The van der Waals surface area contributed by atoms with Gasteiger partial charge in [0.05, 0.1) is 23.8 Å². The molecule has 272 valence electrons. The van der Waals surface area contributed by atoms with E-state index in [1.54, 1.807) is 12.1 Å². The van der Waals surface area contributed by atoms with E-state index in [4.69, 9.17) is 9.47 Å². The summed E-state index contributed by atoms with van der Waals surface area (Å²) in [7, 11) is 0. The van der Waals surface area contributed by atoms with Crippen molar-refractivity contribution in [3.05, 3.63) is 89.4 Å². The van der Waals surface area contributed by atoms with E-state index in [0.717, 1.165) is 46.8 Å². The number of aromatic nitrogens is 3. The molecule has 2 N–H and O–H groups in total. The van der Waals surface area contributed by atoms with E-state index in [2.05, 4.69) is 66.9 Å². The second-order valence-electron chi connectivity index (χ2n) is 13.4. The number of nitrogens with zero attached hydrogens (tertiary/aromatic N) is 5. The zero-order valence-electron chi connectivity index (χ0n) is 31.0. The van der Waals surface area contributed by atoms with Crippen LogP contribution in [-0.4, -0.2) is 62.9 Å². The summed E-state index contributed by atoms with van der Waals surface area (Å²) in [5.41, 5.74) is 4.24. The molecule has 11 nitrogen and oxygen atoms in total. The molecular weight excluding hydrogens is 646 g/mol. The van der Waals surface area contributed by atoms with E-state index in [1.807, 2.05) is 49.6 Å². The van der Waals surface area contributed by atoms with E-state index in [0.29, 0.717) is 37.4 Å². The number of aromatic carboxylic acids is 2. The summed E-state index contributed by atoms with van der Waals surface area (Å²) in [6.07, 6.45) is 5.90. The molecule has 0 aliphatic rings. The number of benzene rings is 2. The van der Waals surface area contributed by atoms with E-state index >= 15 is 0 Å². The predicted molar refractivity (Wildman–Crippen MR) is 201 cm³/mol. The number of ether oxygens (including phenoxy) is 2. The Morgan fingerprint density at radius 1 is 0.706 bits per heavy atom. The minimum atomic E-state index is -1.06. The van der Waals surface area contributed by atoms with Crippen LogP contribution < -0.4 is 19.3 Å². The molecule has 0 bridgehead atoms. The molecule has 0 spiro atoms. The molecule has 2 aromatic heterocycles. The molecule has 0 amide bonds. The van der Waals surface area contributed by atoms with Crippen molar-refractivity contribution in [2.75, 3.05) is 29.5 Å². The minimum Gasteiger partial charge on any atom is -0.493 e. The van der Waals surface area contributed by atoms with Crippen molar-refractivity contribution < 1.29 is 29.3 Å². The second kappa shape index (κ2) is 17.6. The lowest BCUT2D eigenvalue weighted by Gasteiger charge is -2.26. The number of carboxylic acid groups (broad SMARTS) is 2. The second-order valence-corrected chi connectivity index (χ2v) is 13.4. The minimum absolute atomic E-state index is 0.0193. The Balaban J connectivity index is 1.45. The van der Waals surface area contributed by atoms with E-state index in [1.165, 1.54) is 18.6 Å².